The number of rotatable bonds is 7. The van der Waals surface area contributed by atoms with Crippen molar-refractivity contribution in [2.75, 3.05) is 0 Å². The minimum Gasteiger partial charge on any atom is -0.508 e. The second-order valence-corrected chi connectivity index (χ2v) is 6.02. The Bertz CT molecular complexity index is 582. The second-order valence-electron chi connectivity index (χ2n) is 6.02. The van der Waals surface area contributed by atoms with Crippen molar-refractivity contribution in [2.24, 2.45) is 0 Å². The molecule has 22 heavy (non-hydrogen) atoms. The number of hydrogen-bond acceptors (Lipinski definition) is 4. The number of phenols is 1. The van der Waals surface area contributed by atoms with Crippen molar-refractivity contribution >= 4 is 5.97 Å². The Balaban J connectivity index is 1.74. The van der Waals surface area contributed by atoms with E-state index in [1.54, 1.807) is 30.5 Å². The van der Waals surface area contributed by atoms with Gasteiger partial charge in [-0.3, -0.25) is 4.79 Å². The van der Waals surface area contributed by atoms with E-state index in [0.29, 0.717) is 12.2 Å². The molecule has 4 heteroatoms. The van der Waals surface area contributed by atoms with Crippen LogP contribution >= 0.6 is 0 Å². The third-order valence-corrected chi connectivity index (χ3v) is 3.79. The molecule has 1 aromatic carbocycles. The number of carbonyl (C=O) groups is 1. The topological polar surface area (TPSA) is 59.7 Å². The second kappa shape index (κ2) is 7.16. The van der Waals surface area contributed by atoms with Gasteiger partial charge in [0.05, 0.1) is 6.26 Å². The molecule has 0 unspecified atom stereocenters. The van der Waals surface area contributed by atoms with Crippen LogP contribution in [-0.4, -0.2) is 11.1 Å². The van der Waals surface area contributed by atoms with E-state index in [1.807, 2.05) is 12.1 Å². The minimum atomic E-state index is -0.210. The van der Waals surface area contributed by atoms with E-state index < -0.39 is 0 Å². The number of hydrogen-bond donors (Lipinski definition) is 1. The summed E-state index contributed by atoms with van der Waals surface area (Å²) in [5.41, 5.74) is 1.10. The molecule has 1 heterocycles. The van der Waals surface area contributed by atoms with Gasteiger partial charge in [0, 0.05) is 6.42 Å². The minimum absolute atomic E-state index is 0.0466. The lowest BCUT2D eigenvalue weighted by Gasteiger charge is -2.25. The van der Waals surface area contributed by atoms with Crippen LogP contribution < -0.4 is 0 Å². The maximum absolute atomic E-state index is 11.7. The van der Waals surface area contributed by atoms with E-state index in [4.69, 9.17) is 9.15 Å². The van der Waals surface area contributed by atoms with Crippen molar-refractivity contribution < 1.29 is 19.1 Å². The van der Waals surface area contributed by atoms with E-state index in [1.165, 1.54) is 0 Å². The van der Waals surface area contributed by atoms with E-state index in [9.17, 15) is 9.90 Å². The predicted molar refractivity (Wildman–Crippen MR) is 83.5 cm³/mol. The van der Waals surface area contributed by atoms with Crippen LogP contribution in [0.15, 0.2) is 47.1 Å². The Morgan fingerprint density at radius 2 is 1.95 bits per heavy atom. The van der Waals surface area contributed by atoms with Crippen LogP contribution in [0.3, 0.4) is 0 Å². The highest BCUT2D eigenvalue weighted by molar-refractivity contribution is 5.69. The van der Waals surface area contributed by atoms with Gasteiger partial charge < -0.3 is 14.3 Å². The number of esters is 1. The van der Waals surface area contributed by atoms with E-state index in [0.717, 1.165) is 18.4 Å². The number of carbonyl (C=O) groups excluding carboxylic acids is 1. The van der Waals surface area contributed by atoms with Gasteiger partial charge in [0.15, 0.2) is 0 Å². The first-order valence-electron chi connectivity index (χ1n) is 7.45. The maximum atomic E-state index is 11.7. The van der Waals surface area contributed by atoms with Crippen LogP contribution in [0.1, 0.15) is 44.4 Å². The third-order valence-electron chi connectivity index (χ3n) is 3.79. The molecule has 0 saturated carbocycles. The summed E-state index contributed by atoms with van der Waals surface area (Å²) >= 11 is 0. The number of ether oxygens (including phenoxy) is 1. The molecule has 2 aromatic rings. The quantitative estimate of drug-likeness (QED) is 0.780. The van der Waals surface area contributed by atoms with Crippen LogP contribution in [0.2, 0.25) is 0 Å². The van der Waals surface area contributed by atoms with Gasteiger partial charge in [-0.2, -0.15) is 0 Å². The molecule has 0 radical (unpaired) electrons. The Hall–Kier alpha value is -2.23. The lowest BCUT2D eigenvalue weighted by atomic mass is 9.80. The third kappa shape index (κ3) is 4.65. The molecular weight excluding hydrogens is 280 g/mol. The molecule has 0 bridgehead atoms. The van der Waals surface area contributed by atoms with E-state index in [-0.39, 0.29) is 23.7 Å². The van der Waals surface area contributed by atoms with Crippen LogP contribution in [0.4, 0.5) is 0 Å². The summed E-state index contributed by atoms with van der Waals surface area (Å²) in [7, 11) is 0. The zero-order chi connectivity index (χ0) is 16.0. The Morgan fingerprint density at radius 1 is 1.23 bits per heavy atom. The molecule has 0 saturated heterocycles. The Kier molecular flexibility index (Phi) is 5.26. The molecule has 0 aliphatic carbocycles. The lowest BCUT2D eigenvalue weighted by molar-refractivity contribution is -0.145. The highest BCUT2D eigenvalue weighted by Crippen LogP contribution is 2.30. The first-order valence-corrected chi connectivity index (χ1v) is 7.45. The average molecular weight is 302 g/mol. The summed E-state index contributed by atoms with van der Waals surface area (Å²) in [5.74, 6) is 0.705. The molecule has 1 aromatic heterocycles. The first-order chi connectivity index (χ1) is 10.5. The summed E-state index contributed by atoms with van der Waals surface area (Å²) in [6.07, 6.45) is 3.57. The first kappa shape index (κ1) is 16.1. The summed E-state index contributed by atoms with van der Waals surface area (Å²) < 4.78 is 10.3. The van der Waals surface area contributed by atoms with Crippen LogP contribution in [0.25, 0.3) is 0 Å². The predicted octanol–water partition coefficient (Wildman–Crippen LogP) is 4.18. The number of furan rings is 1. The van der Waals surface area contributed by atoms with Crippen molar-refractivity contribution in [1.29, 1.82) is 0 Å². The molecule has 4 nitrogen and oxygen atoms in total. The van der Waals surface area contributed by atoms with Crippen molar-refractivity contribution in [3.8, 4) is 5.75 Å². The SMILES string of the molecule is CC(C)(CCCC(=O)OCc1ccco1)c1ccc(O)cc1. The van der Waals surface area contributed by atoms with Crippen LogP contribution in [0.5, 0.6) is 5.75 Å². The fraction of sp³-hybridized carbons (Fsp3) is 0.389. The monoisotopic (exact) mass is 302 g/mol. The average Bonchev–Trinajstić information content (AvgIpc) is 2.99. The van der Waals surface area contributed by atoms with Gasteiger partial charge in [0.1, 0.15) is 18.1 Å². The van der Waals surface area contributed by atoms with E-state index >= 15 is 0 Å². The van der Waals surface area contributed by atoms with Gasteiger partial charge in [-0.1, -0.05) is 26.0 Å². The zero-order valence-corrected chi connectivity index (χ0v) is 13.0. The molecule has 0 atom stereocenters. The molecule has 2 rings (SSSR count). The van der Waals surface area contributed by atoms with Gasteiger partial charge >= 0.3 is 5.97 Å². The Labute approximate surface area is 130 Å². The van der Waals surface area contributed by atoms with E-state index in [2.05, 4.69) is 13.8 Å². The fourth-order valence-corrected chi connectivity index (χ4v) is 2.35. The molecule has 0 amide bonds. The number of aromatic hydroxyl groups is 1. The van der Waals surface area contributed by atoms with Crippen molar-refractivity contribution in [1.82, 2.24) is 0 Å². The number of benzene rings is 1. The summed E-state index contributed by atoms with van der Waals surface area (Å²) in [4.78, 5) is 11.7. The van der Waals surface area contributed by atoms with Crippen LogP contribution in [-0.2, 0) is 21.6 Å². The standard InChI is InChI=1S/C18H22O4/c1-18(2,14-7-9-15(19)10-8-14)11-3-6-17(20)22-13-16-5-4-12-21-16/h4-5,7-10,12,19H,3,6,11,13H2,1-2H3. The maximum Gasteiger partial charge on any atom is 0.306 e. The normalized spacial score (nSPS) is 11.4. The molecule has 0 spiro atoms. The molecule has 0 fully saturated rings. The lowest BCUT2D eigenvalue weighted by Crippen LogP contribution is -2.17. The van der Waals surface area contributed by atoms with Gasteiger partial charge in [-0.05, 0) is 48.1 Å². The Morgan fingerprint density at radius 3 is 2.59 bits per heavy atom. The molecular formula is C18H22O4. The van der Waals surface area contributed by atoms with Crippen LogP contribution in [0, 0.1) is 0 Å². The largest absolute Gasteiger partial charge is 0.508 e. The zero-order valence-electron chi connectivity index (χ0n) is 13.0. The van der Waals surface area contributed by atoms with Crippen molar-refractivity contribution in [3.63, 3.8) is 0 Å². The van der Waals surface area contributed by atoms with Gasteiger partial charge in [0.25, 0.3) is 0 Å². The van der Waals surface area contributed by atoms with Gasteiger partial charge in [0.2, 0.25) is 0 Å². The molecule has 0 aliphatic heterocycles. The fourth-order valence-electron chi connectivity index (χ4n) is 2.35. The molecule has 0 aliphatic rings. The smallest absolute Gasteiger partial charge is 0.306 e. The summed E-state index contributed by atoms with van der Waals surface area (Å²) in [5, 5.41) is 9.34. The molecule has 118 valence electrons. The summed E-state index contributed by atoms with van der Waals surface area (Å²) in [6.45, 7) is 4.45. The summed E-state index contributed by atoms with van der Waals surface area (Å²) in [6, 6.07) is 10.8. The van der Waals surface area contributed by atoms with Crippen molar-refractivity contribution in [3.05, 3.63) is 54.0 Å². The van der Waals surface area contributed by atoms with Gasteiger partial charge in [-0.25, -0.2) is 0 Å². The van der Waals surface area contributed by atoms with Crippen molar-refractivity contribution in [2.45, 2.75) is 45.1 Å². The highest BCUT2D eigenvalue weighted by Gasteiger charge is 2.20. The van der Waals surface area contributed by atoms with Gasteiger partial charge in [-0.15, -0.1) is 0 Å². The molecule has 1 N–H and O–H groups in total. The highest BCUT2D eigenvalue weighted by atomic mass is 16.5. The number of phenolic OH excluding ortho intramolecular Hbond substituents is 1.